The number of nitro groups is 1. The van der Waals surface area contributed by atoms with Crippen molar-refractivity contribution in [1.82, 2.24) is 4.98 Å². The van der Waals surface area contributed by atoms with Gasteiger partial charge in [-0.2, -0.15) is 0 Å². The molecule has 0 amide bonds. The molecule has 1 heterocycles. The normalized spacial score (nSPS) is 9.62. The molecule has 0 spiro atoms. The van der Waals surface area contributed by atoms with E-state index in [0.29, 0.717) is 0 Å². The van der Waals surface area contributed by atoms with E-state index in [-0.39, 0.29) is 16.7 Å². The molecular weight excluding hydrogens is 240 g/mol. The molecule has 0 saturated heterocycles. The Bertz CT molecular complexity index is 353. The molecule has 0 fully saturated rings. The molecule has 13 heavy (non-hydrogen) atoms. The third kappa shape index (κ3) is 2.09. The van der Waals surface area contributed by atoms with Crippen molar-refractivity contribution in [2.24, 2.45) is 0 Å². The van der Waals surface area contributed by atoms with E-state index >= 15 is 0 Å². The van der Waals surface area contributed by atoms with Gasteiger partial charge < -0.3 is 10.1 Å². The summed E-state index contributed by atoms with van der Waals surface area (Å²) in [7, 11) is 0. The third-order valence-electron chi connectivity index (χ3n) is 1.38. The van der Waals surface area contributed by atoms with E-state index in [0.717, 1.165) is 0 Å². The van der Waals surface area contributed by atoms with Crippen LogP contribution in [0.1, 0.15) is 10.4 Å². The zero-order valence-electron chi connectivity index (χ0n) is 6.44. The highest BCUT2D eigenvalue weighted by atomic mass is 79.9. The van der Waals surface area contributed by atoms with Crippen LogP contribution >= 0.6 is 15.9 Å². The standard InChI is InChI=1S/C7H5BrN2O3/c8-4-6(11)5-2-1-3-9-7(5)10(12)13/h1-3H,4H2. The van der Waals surface area contributed by atoms with Crippen LogP contribution in [0.4, 0.5) is 5.82 Å². The Hall–Kier alpha value is -1.30. The van der Waals surface area contributed by atoms with E-state index in [2.05, 4.69) is 20.9 Å². The molecule has 0 radical (unpaired) electrons. The molecule has 0 aliphatic carbocycles. The maximum atomic E-state index is 11.1. The SMILES string of the molecule is O=C(CBr)c1cccnc1[N+](=O)[O-]. The predicted molar refractivity (Wildman–Crippen MR) is 49.0 cm³/mol. The van der Waals surface area contributed by atoms with E-state index in [4.69, 9.17) is 0 Å². The first-order valence-corrected chi connectivity index (χ1v) is 4.47. The number of nitrogens with zero attached hydrogens (tertiary/aromatic N) is 2. The fourth-order valence-corrected chi connectivity index (χ4v) is 1.13. The molecule has 0 atom stereocenters. The molecular formula is C7H5BrN2O3. The van der Waals surface area contributed by atoms with Crippen molar-refractivity contribution in [2.45, 2.75) is 0 Å². The predicted octanol–water partition coefficient (Wildman–Crippen LogP) is 1.57. The number of hydrogen-bond donors (Lipinski definition) is 0. The molecule has 0 N–H and O–H groups in total. The number of aromatic nitrogens is 1. The summed E-state index contributed by atoms with van der Waals surface area (Å²) in [5, 5.41) is 10.5. The van der Waals surface area contributed by atoms with Gasteiger partial charge >= 0.3 is 5.82 Å². The molecule has 1 aromatic rings. The fraction of sp³-hybridized carbons (Fsp3) is 0.143. The first kappa shape index (κ1) is 9.79. The molecule has 0 unspecified atom stereocenters. The Morgan fingerprint density at radius 3 is 2.92 bits per heavy atom. The maximum absolute atomic E-state index is 11.1. The van der Waals surface area contributed by atoms with Crippen molar-refractivity contribution in [3.8, 4) is 0 Å². The van der Waals surface area contributed by atoms with Crippen LogP contribution in [0.5, 0.6) is 0 Å². The second kappa shape index (κ2) is 4.08. The number of hydrogen-bond acceptors (Lipinski definition) is 4. The van der Waals surface area contributed by atoms with E-state index in [1.54, 1.807) is 0 Å². The van der Waals surface area contributed by atoms with Gasteiger partial charge in [0.2, 0.25) is 0 Å². The van der Waals surface area contributed by atoms with Gasteiger partial charge in [-0.1, -0.05) is 15.9 Å². The second-order valence-electron chi connectivity index (χ2n) is 2.19. The minimum atomic E-state index is -0.671. The van der Waals surface area contributed by atoms with E-state index in [9.17, 15) is 14.9 Å². The lowest BCUT2D eigenvalue weighted by Crippen LogP contribution is -2.05. The van der Waals surface area contributed by atoms with Crippen molar-refractivity contribution in [3.05, 3.63) is 34.0 Å². The lowest BCUT2D eigenvalue weighted by molar-refractivity contribution is -0.389. The minimum Gasteiger partial charge on any atom is -0.358 e. The van der Waals surface area contributed by atoms with Gasteiger partial charge in [-0.3, -0.25) is 4.79 Å². The second-order valence-corrected chi connectivity index (χ2v) is 2.75. The van der Waals surface area contributed by atoms with Gasteiger partial charge in [0.25, 0.3) is 0 Å². The number of ketones is 1. The largest absolute Gasteiger partial charge is 0.374 e. The molecule has 0 aliphatic heterocycles. The van der Waals surface area contributed by atoms with Gasteiger partial charge in [0.15, 0.2) is 5.78 Å². The van der Waals surface area contributed by atoms with Crippen LogP contribution in [0.3, 0.4) is 0 Å². The van der Waals surface area contributed by atoms with Gasteiger partial charge in [-0.05, 0) is 22.0 Å². The van der Waals surface area contributed by atoms with Gasteiger partial charge in [0.1, 0.15) is 11.8 Å². The summed E-state index contributed by atoms with van der Waals surface area (Å²) < 4.78 is 0. The molecule has 0 saturated carbocycles. The summed E-state index contributed by atoms with van der Waals surface area (Å²) in [6.07, 6.45) is 1.28. The molecule has 68 valence electrons. The van der Waals surface area contributed by atoms with Crippen LogP contribution in [-0.4, -0.2) is 21.0 Å². The van der Waals surface area contributed by atoms with Crippen molar-refractivity contribution in [1.29, 1.82) is 0 Å². The summed E-state index contributed by atoms with van der Waals surface area (Å²) in [6.45, 7) is 0. The molecule has 0 aliphatic rings. The Morgan fingerprint density at radius 2 is 2.38 bits per heavy atom. The summed E-state index contributed by atoms with van der Waals surface area (Å²) in [5.74, 6) is -0.744. The number of alkyl halides is 1. The van der Waals surface area contributed by atoms with Gasteiger partial charge in [0, 0.05) is 0 Å². The number of Topliss-reactive ketones (excluding diaryl/α,β-unsaturated/α-hetero) is 1. The molecule has 0 aromatic carbocycles. The van der Waals surface area contributed by atoms with Crippen molar-refractivity contribution < 1.29 is 9.72 Å². The van der Waals surface area contributed by atoms with Gasteiger partial charge in [0.05, 0.1) is 5.33 Å². The highest BCUT2D eigenvalue weighted by Gasteiger charge is 2.19. The fourth-order valence-electron chi connectivity index (χ4n) is 0.832. The highest BCUT2D eigenvalue weighted by molar-refractivity contribution is 9.09. The van der Waals surface area contributed by atoms with Crippen LogP contribution < -0.4 is 0 Å². The van der Waals surface area contributed by atoms with E-state index in [1.807, 2.05) is 0 Å². The topological polar surface area (TPSA) is 73.1 Å². The molecule has 6 heteroatoms. The summed E-state index contributed by atoms with van der Waals surface area (Å²) in [4.78, 5) is 24.4. The lowest BCUT2D eigenvalue weighted by atomic mass is 10.2. The van der Waals surface area contributed by atoms with Crippen molar-refractivity contribution in [2.75, 3.05) is 5.33 Å². The highest BCUT2D eigenvalue weighted by Crippen LogP contribution is 2.15. The van der Waals surface area contributed by atoms with Crippen LogP contribution in [0.2, 0.25) is 0 Å². The first-order valence-electron chi connectivity index (χ1n) is 3.35. The zero-order chi connectivity index (χ0) is 9.84. The maximum Gasteiger partial charge on any atom is 0.374 e. The van der Waals surface area contributed by atoms with Gasteiger partial charge in [-0.15, -0.1) is 0 Å². The Labute approximate surface area is 82.1 Å². The van der Waals surface area contributed by atoms with E-state index in [1.165, 1.54) is 18.3 Å². The zero-order valence-corrected chi connectivity index (χ0v) is 8.02. The van der Waals surface area contributed by atoms with Crippen molar-refractivity contribution in [3.63, 3.8) is 0 Å². The molecule has 5 nitrogen and oxygen atoms in total. The first-order chi connectivity index (χ1) is 6.16. The average molecular weight is 245 g/mol. The quantitative estimate of drug-likeness (QED) is 0.350. The van der Waals surface area contributed by atoms with Crippen LogP contribution in [0.15, 0.2) is 18.3 Å². The Balaban J connectivity index is 3.19. The summed E-state index contributed by atoms with van der Waals surface area (Å²) >= 11 is 2.93. The Kier molecular flexibility index (Phi) is 3.07. The molecule has 0 bridgehead atoms. The van der Waals surface area contributed by atoms with Gasteiger partial charge in [-0.25, -0.2) is 0 Å². The average Bonchev–Trinajstić information content (AvgIpc) is 2.16. The van der Waals surface area contributed by atoms with E-state index < -0.39 is 10.7 Å². The third-order valence-corrected chi connectivity index (χ3v) is 1.89. The lowest BCUT2D eigenvalue weighted by Gasteiger charge is -1.97. The van der Waals surface area contributed by atoms with Crippen LogP contribution in [0.25, 0.3) is 0 Å². The monoisotopic (exact) mass is 244 g/mol. The number of pyridine rings is 1. The van der Waals surface area contributed by atoms with Crippen LogP contribution in [0, 0.1) is 10.1 Å². The number of carbonyl (C=O) groups excluding carboxylic acids is 1. The summed E-state index contributed by atoms with van der Waals surface area (Å²) in [5.41, 5.74) is 0.0318. The van der Waals surface area contributed by atoms with Crippen molar-refractivity contribution >= 4 is 27.5 Å². The summed E-state index contributed by atoms with van der Waals surface area (Å²) in [6, 6.07) is 2.87. The minimum absolute atomic E-state index is 0.0318. The van der Waals surface area contributed by atoms with Crippen LogP contribution in [-0.2, 0) is 0 Å². The number of rotatable bonds is 3. The smallest absolute Gasteiger partial charge is 0.358 e. The molecule has 1 aromatic heterocycles. The Morgan fingerprint density at radius 1 is 1.69 bits per heavy atom. The molecule has 1 rings (SSSR count). The number of halogens is 1. The number of carbonyl (C=O) groups is 1.